The van der Waals surface area contributed by atoms with Crippen molar-refractivity contribution in [3.8, 4) is 0 Å². The third-order valence-electron chi connectivity index (χ3n) is 2.87. The topological polar surface area (TPSA) is 23.5 Å². The van der Waals surface area contributed by atoms with Crippen LogP contribution in [0, 0.1) is 0 Å². The summed E-state index contributed by atoms with van der Waals surface area (Å²) in [5.41, 5.74) is 0.993. The number of hydrogen-bond acceptors (Lipinski definition) is 2. The van der Waals surface area contributed by atoms with E-state index in [4.69, 9.17) is 0 Å². The van der Waals surface area contributed by atoms with Crippen molar-refractivity contribution < 1.29 is 5.11 Å². The molecule has 15 heavy (non-hydrogen) atoms. The molecule has 0 saturated carbocycles. The second-order valence-corrected chi connectivity index (χ2v) is 4.08. The van der Waals surface area contributed by atoms with Crippen molar-refractivity contribution in [2.24, 2.45) is 0 Å². The summed E-state index contributed by atoms with van der Waals surface area (Å²) in [6, 6.07) is 10.0. The van der Waals surface area contributed by atoms with Crippen LogP contribution in [-0.2, 0) is 0 Å². The van der Waals surface area contributed by atoms with E-state index in [1.165, 1.54) is 0 Å². The first-order valence-electron chi connectivity index (χ1n) is 5.60. The minimum absolute atomic E-state index is 0.160. The van der Waals surface area contributed by atoms with Gasteiger partial charge in [-0.1, -0.05) is 37.3 Å². The first-order chi connectivity index (χ1) is 7.16. The van der Waals surface area contributed by atoms with Crippen molar-refractivity contribution in [2.45, 2.75) is 32.4 Å². The van der Waals surface area contributed by atoms with E-state index in [0.717, 1.165) is 18.5 Å². The quantitative estimate of drug-likeness (QED) is 0.801. The highest BCUT2D eigenvalue weighted by molar-refractivity contribution is 5.18. The minimum Gasteiger partial charge on any atom is -0.387 e. The molecule has 2 heteroatoms. The van der Waals surface area contributed by atoms with E-state index < -0.39 is 6.10 Å². The van der Waals surface area contributed by atoms with Gasteiger partial charge in [0, 0.05) is 6.04 Å². The molecule has 0 bridgehead atoms. The predicted octanol–water partition coefficient (Wildman–Crippen LogP) is 2.45. The Morgan fingerprint density at radius 2 is 1.87 bits per heavy atom. The molecular formula is C13H21NO. The van der Waals surface area contributed by atoms with Crippen LogP contribution in [0.2, 0.25) is 0 Å². The van der Waals surface area contributed by atoms with Crippen molar-refractivity contribution in [3.05, 3.63) is 35.9 Å². The molecule has 1 N–H and O–H groups in total. The van der Waals surface area contributed by atoms with Crippen molar-refractivity contribution in [3.63, 3.8) is 0 Å². The summed E-state index contributed by atoms with van der Waals surface area (Å²) in [6.45, 7) is 5.23. The van der Waals surface area contributed by atoms with Crippen LogP contribution in [0.1, 0.15) is 31.9 Å². The highest BCUT2D eigenvalue weighted by atomic mass is 16.3. The van der Waals surface area contributed by atoms with Gasteiger partial charge in [0.15, 0.2) is 0 Å². The Hall–Kier alpha value is -0.860. The van der Waals surface area contributed by atoms with Gasteiger partial charge in [0.25, 0.3) is 0 Å². The van der Waals surface area contributed by atoms with E-state index in [-0.39, 0.29) is 6.04 Å². The fourth-order valence-electron chi connectivity index (χ4n) is 1.73. The van der Waals surface area contributed by atoms with Gasteiger partial charge >= 0.3 is 0 Å². The van der Waals surface area contributed by atoms with Gasteiger partial charge in [0.2, 0.25) is 0 Å². The van der Waals surface area contributed by atoms with Crippen LogP contribution in [-0.4, -0.2) is 29.6 Å². The Balaban J connectivity index is 2.64. The molecule has 0 aliphatic rings. The number of nitrogens with zero attached hydrogens (tertiary/aromatic N) is 1. The Labute approximate surface area is 92.5 Å². The lowest BCUT2D eigenvalue weighted by Crippen LogP contribution is -2.34. The van der Waals surface area contributed by atoms with Crippen molar-refractivity contribution >= 4 is 0 Å². The van der Waals surface area contributed by atoms with Crippen LogP contribution >= 0.6 is 0 Å². The van der Waals surface area contributed by atoms with Gasteiger partial charge in [-0.25, -0.2) is 0 Å². The lowest BCUT2D eigenvalue weighted by molar-refractivity contribution is 0.0727. The number of aliphatic hydroxyl groups is 1. The molecule has 0 amide bonds. The maximum Gasteiger partial charge on any atom is 0.0942 e. The Morgan fingerprint density at radius 1 is 1.27 bits per heavy atom. The fourth-order valence-corrected chi connectivity index (χ4v) is 1.73. The number of aliphatic hydroxyl groups excluding tert-OH is 1. The average Bonchev–Trinajstić information content (AvgIpc) is 2.28. The van der Waals surface area contributed by atoms with E-state index in [2.05, 4.69) is 25.8 Å². The standard InChI is InChI=1S/C13H21NO/c1-4-10-14(3)11(2)13(15)12-8-6-5-7-9-12/h5-9,11,13,15H,4,10H2,1-3H3/t11-,13-/m0/s1. The summed E-state index contributed by atoms with van der Waals surface area (Å²) in [5, 5.41) is 10.1. The van der Waals surface area contributed by atoms with E-state index in [0.29, 0.717) is 0 Å². The van der Waals surface area contributed by atoms with Crippen LogP contribution in [0.3, 0.4) is 0 Å². The van der Waals surface area contributed by atoms with Gasteiger partial charge in [-0.15, -0.1) is 0 Å². The van der Waals surface area contributed by atoms with Crippen molar-refractivity contribution in [1.82, 2.24) is 4.90 Å². The number of likely N-dealkylation sites (N-methyl/N-ethyl adjacent to an activating group) is 1. The lowest BCUT2D eigenvalue weighted by Gasteiger charge is -2.28. The molecular weight excluding hydrogens is 186 g/mol. The van der Waals surface area contributed by atoms with E-state index in [1.807, 2.05) is 30.3 Å². The fraction of sp³-hybridized carbons (Fsp3) is 0.538. The van der Waals surface area contributed by atoms with E-state index >= 15 is 0 Å². The summed E-state index contributed by atoms with van der Waals surface area (Å²) < 4.78 is 0. The summed E-state index contributed by atoms with van der Waals surface area (Å²) in [7, 11) is 2.06. The Morgan fingerprint density at radius 3 is 2.40 bits per heavy atom. The predicted molar refractivity (Wildman–Crippen MR) is 63.8 cm³/mol. The third kappa shape index (κ3) is 3.33. The van der Waals surface area contributed by atoms with Crippen LogP contribution in [0.15, 0.2) is 30.3 Å². The zero-order chi connectivity index (χ0) is 11.3. The molecule has 2 nitrogen and oxygen atoms in total. The van der Waals surface area contributed by atoms with Crippen LogP contribution in [0.4, 0.5) is 0 Å². The third-order valence-corrected chi connectivity index (χ3v) is 2.87. The molecule has 0 aromatic heterocycles. The Kier molecular flexibility index (Phi) is 4.79. The summed E-state index contributed by atoms with van der Waals surface area (Å²) in [5.74, 6) is 0. The first kappa shape index (κ1) is 12.2. The van der Waals surface area contributed by atoms with Gasteiger partial charge in [-0.3, -0.25) is 0 Å². The van der Waals surface area contributed by atoms with Crippen LogP contribution in [0.5, 0.6) is 0 Å². The lowest BCUT2D eigenvalue weighted by atomic mass is 10.0. The molecule has 0 saturated heterocycles. The molecule has 0 unspecified atom stereocenters. The van der Waals surface area contributed by atoms with Gasteiger partial charge < -0.3 is 10.0 Å². The molecule has 0 aliphatic carbocycles. The van der Waals surface area contributed by atoms with Gasteiger partial charge in [-0.05, 0) is 32.5 Å². The van der Waals surface area contributed by atoms with E-state index in [1.54, 1.807) is 0 Å². The largest absolute Gasteiger partial charge is 0.387 e. The van der Waals surface area contributed by atoms with E-state index in [9.17, 15) is 5.11 Å². The van der Waals surface area contributed by atoms with Crippen molar-refractivity contribution in [2.75, 3.05) is 13.6 Å². The summed E-state index contributed by atoms with van der Waals surface area (Å²) in [6.07, 6.45) is 0.713. The maximum atomic E-state index is 10.1. The van der Waals surface area contributed by atoms with Crippen molar-refractivity contribution in [1.29, 1.82) is 0 Å². The normalized spacial score (nSPS) is 15.3. The molecule has 84 valence electrons. The maximum absolute atomic E-state index is 10.1. The monoisotopic (exact) mass is 207 g/mol. The number of rotatable bonds is 5. The molecule has 1 aromatic carbocycles. The minimum atomic E-state index is -0.400. The second-order valence-electron chi connectivity index (χ2n) is 4.08. The highest BCUT2D eigenvalue weighted by Crippen LogP contribution is 2.19. The van der Waals surface area contributed by atoms with Gasteiger partial charge in [0.1, 0.15) is 0 Å². The van der Waals surface area contributed by atoms with Gasteiger partial charge in [-0.2, -0.15) is 0 Å². The first-order valence-corrected chi connectivity index (χ1v) is 5.60. The number of hydrogen-bond donors (Lipinski definition) is 1. The SMILES string of the molecule is CCCN(C)[C@@H](C)[C@H](O)c1ccccc1. The van der Waals surface area contributed by atoms with Crippen LogP contribution in [0.25, 0.3) is 0 Å². The van der Waals surface area contributed by atoms with Gasteiger partial charge in [0.05, 0.1) is 6.10 Å². The Bertz CT molecular complexity index is 273. The molecule has 0 heterocycles. The second kappa shape index (κ2) is 5.89. The molecule has 0 fully saturated rings. The highest BCUT2D eigenvalue weighted by Gasteiger charge is 2.19. The smallest absolute Gasteiger partial charge is 0.0942 e. The van der Waals surface area contributed by atoms with Crippen LogP contribution < -0.4 is 0 Å². The molecule has 2 atom stereocenters. The molecule has 0 radical (unpaired) electrons. The molecule has 0 aliphatic heterocycles. The average molecular weight is 207 g/mol. The molecule has 1 rings (SSSR count). The molecule has 1 aromatic rings. The summed E-state index contributed by atoms with van der Waals surface area (Å²) >= 11 is 0. The zero-order valence-electron chi connectivity index (χ0n) is 9.85. The summed E-state index contributed by atoms with van der Waals surface area (Å²) in [4.78, 5) is 2.19. The molecule has 0 spiro atoms. The zero-order valence-corrected chi connectivity index (χ0v) is 9.85. The number of benzene rings is 1.